The smallest absolute Gasteiger partial charge is 0.157 e. The molecule has 1 aliphatic rings. The molecule has 3 aromatic rings. The van der Waals surface area contributed by atoms with Crippen molar-refractivity contribution < 1.29 is 5.11 Å². The van der Waals surface area contributed by atoms with Crippen LogP contribution in [0.25, 0.3) is 10.8 Å². The zero-order valence-corrected chi connectivity index (χ0v) is 18.9. The summed E-state index contributed by atoms with van der Waals surface area (Å²) in [6.07, 6.45) is 1.92. The molecule has 2 aromatic heterocycles. The summed E-state index contributed by atoms with van der Waals surface area (Å²) < 4.78 is 0. The Morgan fingerprint density at radius 3 is 2.58 bits per heavy atom. The highest BCUT2D eigenvalue weighted by molar-refractivity contribution is 5.94. The summed E-state index contributed by atoms with van der Waals surface area (Å²) in [5, 5.41) is 23.7. The van der Waals surface area contributed by atoms with Gasteiger partial charge in [-0.3, -0.25) is 4.90 Å². The van der Waals surface area contributed by atoms with E-state index in [9.17, 15) is 5.11 Å². The number of benzene rings is 1. The molecule has 4 rings (SSSR count). The van der Waals surface area contributed by atoms with Gasteiger partial charge in [-0.05, 0) is 50.5 Å². The maximum Gasteiger partial charge on any atom is 0.157 e. The number of nitrogens with zero attached hydrogens (tertiary/aromatic N) is 5. The molecular formula is C24H32N6O. The largest absolute Gasteiger partial charge is 0.395 e. The summed E-state index contributed by atoms with van der Waals surface area (Å²) in [5.74, 6) is 1.75. The van der Waals surface area contributed by atoms with Crippen LogP contribution < -0.4 is 10.2 Å². The Morgan fingerprint density at radius 1 is 1.06 bits per heavy atom. The van der Waals surface area contributed by atoms with Crippen LogP contribution in [0.5, 0.6) is 0 Å². The molecule has 0 aliphatic carbocycles. The number of nitrogens with one attached hydrogen (secondary N) is 1. The summed E-state index contributed by atoms with van der Waals surface area (Å²) in [4.78, 5) is 9.32. The van der Waals surface area contributed by atoms with Gasteiger partial charge in [0.2, 0.25) is 0 Å². The van der Waals surface area contributed by atoms with Gasteiger partial charge in [-0.25, -0.2) is 4.98 Å². The molecule has 2 N–H and O–H groups in total. The normalized spacial score (nSPS) is 16.0. The van der Waals surface area contributed by atoms with E-state index < -0.39 is 0 Å². The summed E-state index contributed by atoms with van der Waals surface area (Å²) in [6.45, 7) is 13.1. The van der Waals surface area contributed by atoms with Gasteiger partial charge in [-0.15, -0.1) is 5.10 Å². The van der Waals surface area contributed by atoms with E-state index in [0.717, 1.165) is 60.8 Å². The highest BCUT2D eigenvalue weighted by atomic mass is 16.3. The number of aliphatic hydroxyl groups is 1. The monoisotopic (exact) mass is 420 g/mol. The van der Waals surface area contributed by atoms with Crippen LogP contribution in [0, 0.1) is 20.8 Å². The van der Waals surface area contributed by atoms with Gasteiger partial charge in [-0.2, -0.15) is 5.10 Å². The van der Waals surface area contributed by atoms with E-state index >= 15 is 0 Å². The molecule has 1 fully saturated rings. The first-order chi connectivity index (χ1) is 15.0. The number of rotatable bonds is 6. The number of pyridine rings is 1. The standard InChI is InChI=1S/C24H32N6O/c1-16-6-5-7-20(17(16)2)18(3)26-24-21-14-23(25-15-22(21)19(4)27-28-24)30-10-8-29(9-11-30)12-13-31/h5-7,14-15,18,31H,8-13H2,1-4H3,(H,26,28)/t18-/m1/s1. The lowest BCUT2D eigenvalue weighted by Gasteiger charge is -2.35. The van der Waals surface area contributed by atoms with Crippen molar-refractivity contribution in [3.8, 4) is 0 Å². The van der Waals surface area contributed by atoms with Gasteiger partial charge in [0.05, 0.1) is 18.3 Å². The number of aryl methyl sites for hydroxylation is 2. The Morgan fingerprint density at radius 2 is 1.84 bits per heavy atom. The number of β-amino-alcohol motifs (C(OH)–C–C–N with tert-alkyl or cyclic N) is 1. The molecule has 0 unspecified atom stereocenters. The summed E-state index contributed by atoms with van der Waals surface area (Å²) in [5.41, 5.74) is 4.74. The Labute approximate surface area is 184 Å². The van der Waals surface area contributed by atoms with Crippen molar-refractivity contribution in [1.82, 2.24) is 20.1 Å². The third kappa shape index (κ3) is 4.48. The highest BCUT2D eigenvalue weighted by Gasteiger charge is 2.19. The lowest BCUT2D eigenvalue weighted by molar-refractivity contribution is 0.188. The van der Waals surface area contributed by atoms with Crippen molar-refractivity contribution in [2.24, 2.45) is 0 Å². The third-order valence-electron chi connectivity index (χ3n) is 6.41. The van der Waals surface area contributed by atoms with Gasteiger partial charge in [0.1, 0.15) is 5.82 Å². The minimum atomic E-state index is 0.110. The van der Waals surface area contributed by atoms with E-state index in [1.165, 1.54) is 16.7 Å². The molecule has 1 atom stereocenters. The van der Waals surface area contributed by atoms with Crippen molar-refractivity contribution in [2.45, 2.75) is 33.7 Å². The minimum absolute atomic E-state index is 0.110. The number of hydrogen-bond donors (Lipinski definition) is 2. The zero-order chi connectivity index (χ0) is 22.0. The summed E-state index contributed by atoms with van der Waals surface area (Å²) >= 11 is 0. The topological polar surface area (TPSA) is 77.4 Å². The third-order valence-corrected chi connectivity index (χ3v) is 6.41. The first-order valence-corrected chi connectivity index (χ1v) is 11.0. The summed E-state index contributed by atoms with van der Waals surface area (Å²) in [7, 11) is 0. The summed E-state index contributed by atoms with van der Waals surface area (Å²) in [6, 6.07) is 8.66. The van der Waals surface area contributed by atoms with Crippen LogP contribution in [-0.4, -0.2) is 64.5 Å². The van der Waals surface area contributed by atoms with Gasteiger partial charge in [0.25, 0.3) is 0 Å². The second kappa shape index (κ2) is 9.16. The fourth-order valence-corrected chi connectivity index (χ4v) is 4.31. The molecule has 1 saturated heterocycles. The first-order valence-electron chi connectivity index (χ1n) is 11.0. The van der Waals surface area contributed by atoms with E-state index in [-0.39, 0.29) is 12.6 Å². The molecule has 164 valence electrons. The van der Waals surface area contributed by atoms with E-state index in [2.05, 4.69) is 70.4 Å². The van der Waals surface area contributed by atoms with Crippen LogP contribution in [-0.2, 0) is 0 Å². The van der Waals surface area contributed by atoms with Crippen molar-refractivity contribution in [1.29, 1.82) is 0 Å². The second-order valence-electron chi connectivity index (χ2n) is 8.43. The predicted octanol–water partition coefficient (Wildman–Crippen LogP) is 3.24. The number of anilines is 2. The number of hydrogen-bond acceptors (Lipinski definition) is 7. The van der Waals surface area contributed by atoms with E-state index in [4.69, 9.17) is 4.98 Å². The lowest BCUT2D eigenvalue weighted by Crippen LogP contribution is -2.47. The maximum absolute atomic E-state index is 9.18. The fraction of sp³-hybridized carbons (Fsp3) is 0.458. The number of fused-ring (bicyclic) bond motifs is 1. The van der Waals surface area contributed by atoms with Gasteiger partial charge in [-0.1, -0.05) is 18.2 Å². The molecule has 0 saturated carbocycles. The van der Waals surface area contributed by atoms with Gasteiger partial charge in [0, 0.05) is 49.7 Å². The van der Waals surface area contributed by atoms with Crippen LogP contribution >= 0.6 is 0 Å². The Hall–Kier alpha value is -2.77. The van der Waals surface area contributed by atoms with E-state index in [1.54, 1.807) is 0 Å². The first kappa shape index (κ1) is 21.5. The molecule has 31 heavy (non-hydrogen) atoms. The lowest BCUT2D eigenvalue weighted by atomic mass is 9.98. The average molecular weight is 421 g/mol. The molecule has 1 aromatic carbocycles. The maximum atomic E-state index is 9.18. The number of aliphatic hydroxyl groups excluding tert-OH is 1. The molecule has 0 bridgehead atoms. The van der Waals surface area contributed by atoms with Crippen LogP contribution in [0.2, 0.25) is 0 Å². The Bertz CT molecular complexity index is 1060. The quantitative estimate of drug-likeness (QED) is 0.634. The molecule has 7 heteroatoms. The van der Waals surface area contributed by atoms with E-state index in [0.29, 0.717) is 0 Å². The van der Waals surface area contributed by atoms with Crippen LogP contribution in [0.4, 0.5) is 11.6 Å². The van der Waals surface area contributed by atoms with Crippen molar-refractivity contribution >= 4 is 22.4 Å². The second-order valence-corrected chi connectivity index (χ2v) is 8.43. The molecular weight excluding hydrogens is 388 g/mol. The number of piperazine rings is 1. The number of aromatic nitrogens is 3. The van der Waals surface area contributed by atoms with Crippen LogP contribution in [0.1, 0.15) is 35.3 Å². The molecule has 0 amide bonds. The Kier molecular flexibility index (Phi) is 6.34. The molecule has 3 heterocycles. The SMILES string of the molecule is Cc1cccc([C@@H](C)Nc2nnc(C)c3cnc(N4CCN(CCO)CC4)cc23)c1C. The average Bonchev–Trinajstić information content (AvgIpc) is 2.78. The van der Waals surface area contributed by atoms with Gasteiger partial charge in [0.15, 0.2) is 5.82 Å². The molecule has 0 radical (unpaired) electrons. The molecule has 1 aliphatic heterocycles. The van der Waals surface area contributed by atoms with Crippen molar-refractivity contribution in [3.05, 3.63) is 52.8 Å². The highest BCUT2D eigenvalue weighted by Crippen LogP contribution is 2.30. The zero-order valence-electron chi connectivity index (χ0n) is 18.9. The molecule has 7 nitrogen and oxygen atoms in total. The fourth-order valence-electron chi connectivity index (χ4n) is 4.31. The van der Waals surface area contributed by atoms with Crippen molar-refractivity contribution in [3.63, 3.8) is 0 Å². The van der Waals surface area contributed by atoms with Crippen LogP contribution in [0.15, 0.2) is 30.5 Å². The predicted molar refractivity (Wildman–Crippen MR) is 126 cm³/mol. The van der Waals surface area contributed by atoms with Crippen LogP contribution in [0.3, 0.4) is 0 Å². The van der Waals surface area contributed by atoms with Gasteiger partial charge >= 0.3 is 0 Å². The minimum Gasteiger partial charge on any atom is -0.395 e. The van der Waals surface area contributed by atoms with Gasteiger partial charge < -0.3 is 15.3 Å². The van der Waals surface area contributed by atoms with Crippen molar-refractivity contribution in [2.75, 3.05) is 49.5 Å². The Balaban J connectivity index is 1.62. The van der Waals surface area contributed by atoms with E-state index in [1.807, 2.05) is 13.1 Å². The molecule has 0 spiro atoms.